The number of hydrogen-bond donors (Lipinski definition) is 0. The Hall–Kier alpha value is -1.14. The van der Waals surface area contributed by atoms with E-state index >= 15 is 0 Å². The van der Waals surface area contributed by atoms with Crippen molar-refractivity contribution in [2.45, 2.75) is 46.5 Å². The summed E-state index contributed by atoms with van der Waals surface area (Å²) in [7, 11) is -6.72. The molecule has 28 heavy (non-hydrogen) atoms. The fourth-order valence-electron chi connectivity index (χ4n) is 2.83. The van der Waals surface area contributed by atoms with Crippen molar-refractivity contribution in [2.75, 3.05) is 12.3 Å². The van der Waals surface area contributed by atoms with Crippen LogP contribution < -0.4 is 0 Å². The Kier molecular flexibility index (Phi) is 8.75. The summed E-state index contributed by atoms with van der Waals surface area (Å²) in [6, 6.07) is 16.9. The summed E-state index contributed by atoms with van der Waals surface area (Å²) >= 11 is -0.390. The van der Waals surface area contributed by atoms with Crippen LogP contribution in [0, 0.1) is 0 Å². The van der Waals surface area contributed by atoms with Crippen LogP contribution in [0.3, 0.4) is 0 Å². The number of sulfone groups is 1. The number of hydrogen-bond acceptors (Lipinski definition) is 4. The first kappa shape index (κ1) is 23.1. The zero-order valence-corrected chi connectivity index (χ0v) is 20.0. The van der Waals surface area contributed by atoms with Gasteiger partial charge in [0, 0.05) is 0 Å². The van der Waals surface area contributed by atoms with Crippen LogP contribution >= 0.6 is 0 Å². The number of benzene rings is 2. The Bertz CT molecular complexity index is 931. The first-order chi connectivity index (χ1) is 13.2. The molecule has 0 radical (unpaired) electrons. The molecule has 0 amide bonds. The second kappa shape index (κ2) is 10.6. The maximum absolute atomic E-state index is 12.8. The van der Waals surface area contributed by atoms with Crippen LogP contribution in [0.5, 0.6) is 0 Å². The Morgan fingerprint density at radius 1 is 0.821 bits per heavy atom. The summed E-state index contributed by atoms with van der Waals surface area (Å²) in [6.07, 6.45) is 0.629. The van der Waals surface area contributed by atoms with Crippen LogP contribution in [-0.4, -0.2) is 55.2 Å². The van der Waals surface area contributed by atoms with Gasteiger partial charge in [-0.2, -0.15) is 0 Å². The van der Waals surface area contributed by atoms with E-state index in [9.17, 15) is 16.8 Å². The molecule has 2 aromatic carbocycles. The Morgan fingerprint density at radius 3 is 1.89 bits per heavy atom. The Labute approximate surface area is 175 Å². The van der Waals surface area contributed by atoms with E-state index in [0.29, 0.717) is 22.8 Å². The van der Waals surface area contributed by atoms with Gasteiger partial charge < -0.3 is 0 Å². The minimum absolute atomic E-state index is 0.115. The molecular weight excluding hydrogens is 457 g/mol. The molecule has 8 heteroatoms. The van der Waals surface area contributed by atoms with Crippen molar-refractivity contribution in [3.63, 3.8) is 0 Å². The topological polar surface area (TPSA) is 71.5 Å². The van der Waals surface area contributed by atoms with Crippen molar-refractivity contribution in [1.29, 1.82) is 0 Å². The van der Waals surface area contributed by atoms with Crippen molar-refractivity contribution in [3.05, 3.63) is 60.7 Å². The van der Waals surface area contributed by atoms with Crippen LogP contribution in [-0.2, 0) is 19.9 Å². The van der Waals surface area contributed by atoms with Gasteiger partial charge in [0.05, 0.1) is 0 Å². The Morgan fingerprint density at radius 2 is 1.36 bits per heavy atom. The van der Waals surface area contributed by atoms with Crippen molar-refractivity contribution in [3.8, 4) is 0 Å². The van der Waals surface area contributed by atoms with Crippen LogP contribution in [0.1, 0.15) is 20.3 Å². The van der Waals surface area contributed by atoms with Gasteiger partial charge in [0.15, 0.2) is 0 Å². The first-order valence-electron chi connectivity index (χ1n) is 9.30. The molecule has 5 nitrogen and oxygen atoms in total. The number of rotatable bonds is 11. The zero-order valence-electron chi connectivity index (χ0n) is 16.3. The van der Waals surface area contributed by atoms with E-state index in [1.807, 2.05) is 13.8 Å². The van der Waals surface area contributed by atoms with Crippen LogP contribution in [0.15, 0.2) is 70.5 Å². The first-order valence-corrected chi connectivity index (χ1v) is 15.4. The predicted molar refractivity (Wildman–Crippen MR) is 115 cm³/mol. The van der Waals surface area contributed by atoms with Crippen LogP contribution in [0.2, 0.25) is 10.4 Å². The normalized spacial score (nSPS) is 13.0. The molecule has 0 N–H and O–H groups in total. The van der Waals surface area contributed by atoms with E-state index in [4.69, 9.17) is 0 Å². The van der Waals surface area contributed by atoms with Gasteiger partial charge >= 0.3 is 176 Å². The standard InChI is InChI=1S/C20H28AsNO4S2/c1-18(2)22(28(25,26)20-12-7-4-8-13-20)16-15-21-14-9-17-27(23,24)19-10-5-3-6-11-19/h3-8,10-13,18,21H,9,14-17H2,1-2H3. The van der Waals surface area contributed by atoms with Gasteiger partial charge in [-0.25, -0.2) is 0 Å². The van der Waals surface area contributed by atoms with Crippen molar-refractivity contribution in [1.82, 2.24) is 4.31 Å². The summed E-state index contributed by atoms with van der Waals surface area (Å²) in [5, 5.41) is 1.71. The third-order valence-corrected chi connectivity index (χ3v) is 10.9. The monoisotopic (exact) mass is 485 g/mol. The Balaban J connectivity index is 1.83. The van der Waals surface area contributed by atoms with E-state index in [1.165, 1.54) is 0 Å². The molecule has 2 rings (SSSR count). The molecule has 0 saturated heterocycles. The van der Waals surface area contributed by atoms with Crippen molar-refractivity contribution in [2.24, 2.45) is 0 Å². The molecule has 0 aliphatic carbocycles. The van der Waals surface area contributed by atoms with Gasteiger partial charge in [-0.3, -0.25) is 0 Å². The molecule has 0 heterocycles. The third-order valence-electron chi connectivity index (χ3n) is 4.30. The molecule has 0 spiro atoms. The van der Waals surface area contributed by atoms with Crippen LogP contribution in [0.4, 0.5) is 0 Å². The second-order valence-corrected chi connectivity index (χ2v) is 13.9. The zero-order chi connectivity index (χ0) is 20.6. The maximum atomic E-state index is 12.8. The minimum atomic E-state index is -3.49. The molecule has 0 aromatic heterocycles. The fraction of sp³-hybridized carbons (Fsp3) is 0.400. The quantitative estimate of drug-likeness (QED) is 0.362. The van der Waals surface area contributed by atoms with Gasteiger partial charge in [0.1, 0.15) is 0 Å². The van der Waals surface area contributed by atoms with E-state index in [1.54, 1.807) is 65.0 Å². The molecule has 0 saturated carbocycles. The average molecular weight is 486 g/mol. The summed E-state index contributed by atoms with van der Waals surface area (Å²) in [5.74, 6) is 0.150. The third kappa shape index (κ3) is 6.44. The summed E-state index contributed by atoms with van der Waals surface area (Å²) in [6.45, 7) is 4.25. The SMILES string of the molecule is CC(C)N(CC[AsH]CCCS(=O)(=O)c1ccccc1)S(=O)(=O)c1ccccc1. The number of nitrogens with zero attached hydrogens (tertiary/aromatic N) is 1. The molecule has 2 aromatic rings. The molecule has 0 aliphatic rings. The number of sulfonamides is 1. The molecule has 0 aliphatic heterocycles. The van der Waals surface area contributed by atoms with E-state index < -0.39 is 19.9 Å². The molecule has 1 atom stereocenters. The van der Waals surface area contributed by atoms with E-state index in [2.05, 4.69) is 0 Å². The van der Waals surface area contributed by atoms with E-state index in [-0.39, 0.29) is 27.5 Å². The fourth-order valence-corrected chi connectivity index (χ4v) is 8.96. The van der Waals surface area contributed by atoms with Gasteiger partial charge in [-0.1, -0.05) is 0 Å². The average Bonchev–Trinajstić information content (AvgIpc) is 2.68. The van der Waals surface area contributed by atoms with Crippen molar-refractivity contribution >= 4 is 35.6 Å². The molecule has 0 fully saturated rings. The van der Waals surface area contributed by atoms with Gasteiger partial charge in [-0.15, -0.1) is 0 Å². The molecule has 154 valence electrons. The van der Waals surface area contributed by atoms with Gasteiger partial charge in [-0.05, 0) is 0 Å². The molecule has 0 bridgehead atoms. The molecular formula is C20H28AsNO4S2. The summed E-state index contributed by atoms with van der Waals surface area (Å²) in [5.41, 5.74) is 0. The second-order valence-electron chi connectivity index (χ2n) is 6.76. The summed E-state index contributed by atoms with van der Waals surface area (Å²) in [4.78, 5) is 0.688. The van der Waals surface area contributed by atoms with E-state index in [0.717, 1.165) is 10.4 Å². The summed E-state index contributed by atoms with van der Waals surface area (Å²) < 4.78 is 51.8. The molecule has 1 unspecified atom stereocenters. The van der Waals surface area contributed by atoms with Gasteiger partial charge in [0.25, 0.3) is 0 Å². The van der Waals surface area contributed by atoms with Gasteiger partial charge in [0.2, 0.25) is 0 Å². The van der Waals surface area contributed by atoms with Crippen molar-refractivity contribution < 1.29 is 16.8 Å². The predicted octanol–water partition coefficient (Wildman–Crippen LogP) is 3.22. The van der Waals surface area contributed by atoms with Crippen LogP contribution in [0.25, 0.3) is 0 Å².